The molecule has 2 rings (SSSR count). The summed E-state index contributed by atoms with van der Waals surface area (Å²) < 4.78 is 0. The molecule has 0 spiro atoms. The Morgan fingerprint density at radius 1 is 0.926 bits per heavy atom. The van der Waals surface area contributed by atoms with Crippen molar-refractivity contribution >= 4 is 39.2 Å². The molecular formula is C22H32BrN4+. The van der Waals surface area contributed by atoms with Crippen LogP contribution in [0.3, 0.4) is 0 Å². The van der Waals surface area contributed by atoms with E-state index in [-0.39, 0.29) is 0 Å². The van der Waals surface area contributed by atoms with Crippen LogP contribution in [-0.4, -0.2) is 38.7 Å². The molecule has 0 aliphatic carbocycles. The van der Waals surface area contributed by atoms with Crippen LogP contribution in [0.15, 0.2) is 59.7 Å². The fraction of sp³-hybridized carbons (Fsp3) is 0.409. The van der Waals surface area contributed by atoms with Crippen LogP contribution in [0.5, 0.6) is 0 Å². The van der Waals surface area contributed by atoms with E-state index < -0.39 is 0 Å². The first-order chi connectivity index (χ1) is 13.2. The molecule has 2 N–H and O–H groups in total. The Balaban J connectivity index is 1.84. The number of para-hydroxylation sites is 3. The van der Waals surface area contributed by atoms with Gasteiger partial charge in [-0.15, -0.1) is 0 Å². The minimum Gasteiger partial charge on any atom is -0.364 e. The number of halogens is 1. The number of hydrazone groups is 1. The number of nitrogens with two attached hydrogens (primary N) is 1. The van der Waals surface area contributed by atoms with Crippen molar-refractivity contribution in [3.8, 4) is 0 Å². The van der Waals surface area contributed by atoms with Crippen molar-refractivity contribution in [3.63, 3.8) is 0 Å². The fourth-order valence-corrected chi connectivity index (χ4v) is 3.34. The molecule has 0 aliphatic heterocycles. The number of unbranched alkanes of at least 4 members (excludes halogenated alkanes) is 3. The molecule has 2 aromatic carbocycles. The fourth-order valence-electron chi connectivity index (χ4n) is 2.95. The van der Waals surface area contributed by atoms with E-state index in [1.807, 2.05) is 36.5 Å². The normalized spacial score (nSPS) is 11.1. The monoisotopic (exact) mass is 431 g/mol. The SMILES string of the molecule is CN(C/C=N/N(C)c1ccccc1)c1ccccc1[NH2+]CCCCCCBr. The second kappa shape index (κ2) is 12.5. The van der Waals surface area contributed by atoms with Gasteiger partial charge in [-0.2, -0.15) is 5.10 Å². The van der Waals surface area contributed by atoms with Crippen LogP contribution in [0.25, 0.3) is 0 Å². The van der Waals surface area contributed by atoms with Gasteiger partial charge in [-0.25, -0.2) is 0 Å². The first-order valence-corrected chi connectivity index (χ1v) is 10.8. The Hall–Kier alpha value is -1.85. The summed E-state index contributed by atoms with van der Waals surface area (Å²) in [5.74, 6) is 0. The Bertz CT molecular complexity index is 675. The van der Waals surface area contributed by atoms with E-state index in [1.54, 1.807) is 0 Å². The molecule has 0 bridgehead atoms. The average Bonchev–Trinajstić information content (AvgIpc) is 2.71. The molecule has 146 valence electrons. The van der Waals surface area contributed by atoms with Gasteiger partial charge in [0.2, 0.25) is 0 Å². The standard InChI is InChI=1S/C22H31BrN4/c1-26(19-18-25-27(2)20-12-6-5-7-13-20)22-15-9-8-14-21(22)24-17-11-4-3-10-16-23/h5-9,12-15,18,24H,3-4,10-11,16-17,19H2,1-2H3/p+1/b25-18+. The summed E-state index contributed by atoms with van der Waals surface area (Å²) in [5, 5.41) is 9.93. The lowest BCUT2D eigenvalue weighted by atomic mass is 10.2. The van der Waals surface area contributed by atoms with Crippen molar-refractivity contribution in [1.29, 1.82) is 0 Å². The van der Waals surface area contributed by atoms with E-state index in [9.17, 15) is 0 Å². The molecule has 0 heterocycles. The number of hydrogen-bond donors (Lipinski definition) is 1. The van der Waals surface area contributed by atoms with Crippen LogP contribution in [-0.2, 0) is 0 Å². The summed E-state index contributed by atoms with van der Waals surface area (Å²) in [4.78, 5) is 2.25. The topological polar surface area (TPSA) is 35.5 Å². The minimum absolute atomic E-state index is 0.771. The molecule has 4 nitrogen and oxygen atoms in total. The highest BCUT2D eigenvalue weighted by atomic mass is 79.9. The predicted molar refractivity (Wildman–Crippen MR) is 122 cm³/mol. The molecule has 0 aliphatic rings. The van der Waals surface area contributed by atoms with Gasteiger partial charge in [-0.3, -0.25) is 5.01 Å². The van der Waals surface area contributed by atoms with Crippen LogP contribution in [0.2, 0.25) is 0 Å². The summed E-state index contributed by atoms with van der Waals surface area (Å²) in [5.41, 5.74) is 3.65. The van der Waals surface area contributed by atoms with Crippen molar-refractivity contribution in [1.82, 2.24) is 0 Å². The smallest absolute Gasteiger partial charge is 0.153 e. The van der Waals surface area contributed by atoms with E-state index in [4.69, 9.17) is 0 Å². The minimum atomic E-state index is 0.771. The van der Waals surface area contributed by atoms with Crippen LogP contribution >= 0.6 is 15.9 Å². The molecule has 0 amide bonds. The molecule has 0 saturated carbocycles. The van der Waals surface area contributed by atoms with Gasteiger partial charge in [0.05, 0.1) is 24.5 Å². The van der Waals surface area contributed by atoms with E-state index in [2.05, 4.69) is 74.7 Å². The van der Waals surface area contributed by atoms with Crippen LogP contribution in [0.1, 0.15) is 25.7 Å². The quantitative estimate of drug-likeness (QED) is 0.178. The molecule has 2 aromatic rings. The van der Waals surface area contributed by atoms with Gasteiger partial charge in [0, 0.05) is 31.7 Å². The highest BCUT2D eigenvalue weighted by Crippen LogP contribution is 2.19. The third-order valence-electron chi connectivity index (χ3n) is 4.54. The lowest BCUT2D eigenvalue weighted by Crippen LogP contribution is -2.78. The van der Waals surface area contributed by atoms with Gasteiger partial charge >= 0.3 is 0 Å². The van der Waals surface area contributed by atoms with Gasteiger partial charge in [-0.1, -0.05) is 52.7 Å². The molecule has 0 saturated heterocycles. The second-order valence-electron chi connectivity index (χ2n) is 6.69. The van der Waals surface area contributed by atoms with E-state index in [0.717, 1.165) is 24.1 Å². The summed E-state index contributed by atoms with van der Waals surface area (Å²) in [6, 6.07) is 18.8. The Morgan fingerprint density at radius 3 is 2.41 bits per heavy atom. The zero-order valence-electron chi connectivity index (χ0n) is 16.5. The Labute approximate surface area is 172 Å². The third-order valence-corrected chi connectivity index (χ3v) is 5.10. The van der Waals surface area contributed by atoms with Crippen molar-refractivity contribution in [2.24, 2.45) is 5.10 Å². The maximum atomic E-state index is 4.55. The highest BCUT2D eigenvalue weighted by Gasteiger charge is 2.09. The van der Waals surface area contributed by atoms with Gasteiger partial charge < -0.3 is 10.2 Å². The lowest BCUT2D eigenvalue weighted by Gasteiger charge is -2.19. The van der Waals surface area contributed by atoms with Crippen molar-refractivity contribution in [2.75, 3.05) is 42.4 Å². The number of quaternary nitrogens is 1. The summed E-state index contributed by atoms with van der Waals surface area (Å²) in [6.45, 7) is 1.91. The van der Waals surface area contributed by atoms with Crippen LogP contribution in [0.4, 0.5) is 17.1 Å². The molecular weight excluding hydrogens is 400 g/mol. The van der Waals surface area contributed by atoms with Crippen LogP contribution in [0, 0.1) is 0 Å². The maximum Gasteiger partial charge on any atom is 0.153 e. The maximum absolute atomic E-state index is 4.55. The average molecular weight is 432 g/mol. The number of nitrogens with zero attached hydrogens (tertiary/aromatic N) is 3. The molecule has 0 fully saturated rings. The predicted octanol–water partition coefficient (Wildman–Crippen LogP) is 4.40. The van der Waals surface area contributed by atoms with Crippen molar-refractivity contribution in [2.45, 2.75) is 25.7 Å². The summed E-state index contributed by atoms with van der Waals surface area (Å²) in [7, 11) is 4.10. The molecule has 5 heteroatoms. The van der Waals surface area contributed by atoms with Crippen LogP contribution < -0.4 is 15.2 Å². The second-order valence-corrected chi connectivity index (χ2v) is 7.49. The molecule has 27 heavy (non-hydrogen) atoms. The van der Waals surface area contributed by atoms with E-state index >= 15 is 0 Å². The molecule has 0 radical (unpaired) electrons. The number of benzene rings is 2. The van der Waals surface area contributed by atoms with E-state index in [0.29, 0.717) is 0 Å². The molecule has 0 aromatic heterocycles. The highest BCUT2D eigenvalue weighted by molar-refractivity contribution is 9.09. The Kier molecular flexibility index (Phi) is 9.95. The van der Waals surface area contributed by atoms with Crippen molar-refractivity contribution in [3.05, 3.63) is 54.6 Å². The number of hydrogen-bond acceptors (Lipinski definition) is 3. The molecule has 0 unspecified atom stereocenters. The van der Waals surface area contributed by atoms with Gasteiger partial charge in [-0.05, 0) is 37.5 Å². The number of anilines is 2. The van der Waals surface area contributed by atoms with Crippen molar-refractivity contribution < 1.29 is 5.32 Å². The largest absolute Gasteiger partial charge is 0.364 e. The number of rotatable bonds is 12. The lowest BCUT2D eigenvalue weighted by molar-refractivity contribution is -0.571. The summed E-state index contributed by atoms with van der Waals surface area (Å²) >= 11 is 3.50. The zero-order chi connectivity index (χ0) is 19.3. The third kappa shape index (κ3) is 7.73. The molecule has 0 atom stereocenters. The zero-order valence-corrected chi connectivity index (χ0v) is 18.1. The van der Waals surface area contributed by atoms with E-state index in [1.165, 1.54) is 37.1 Å². The summed E-state index contributed by atoms with van der Waals surface area (Å²) in [6.07, 6.45) is 7.11. The van der Waals surface area contributed by atoms with Gasteiger partial charge in [0.25, 0.3) is 0 Å². The Morgan fingerprint density at radius 2 is 1.63 bits per heavy atom. The van der Waals surface area contributed by atoms with Gasteiger partial charge in [0.1, 0.15) is 0 Å². The first-order valence-electron chi connectivity index (χ1n) is 9.73. The first kappa shape index (κ1) is 21.5. The van der Waals surface area contributed by atoms with Gasteiger partial charge in [0.15, 0.2) is 5.69 Å². The number of alkyl halides is 1.